The van der Waals surface area contributed by atoms with Gasteiger partial charge in [-0.2, -0.15) is 0 Å². The molecule has 0 fully saturated rings. The lowest BCUT2D eigenvalue weighted by Gasteiger charge is -2.07. The highest BCUT2D eigenvalue weighted by Crippen LogP contribution is 2.25. The Bertz CT molecular complexity index is 616. The molecule has 0 bridgehead atoms. The van der Waals surface area contributed by atoms with Crippen LogP contribution in [0.5, 0.6) is 11.5 Å². The summed E-state index contributed by atoms with van der Waals surface area (Å²) >= 11 is 0. The molecule has 14 heavy (non-hydrogen) atoms. The zero-order valence-electron chi connectivity index (χ0n) is 7.36. The van der Waals surface area contributed by atoms with Crippen LogP contribution >= 0.6 is 0 Å². The minimum Gasteiger partial charge on any atom is -0.507 e. The van der Waals surface area contributed by atoms with Crippen molar-refractivity contribution >= 4 is 0 Å². The maximum atomic E-state index is 9.61. The zero-order chi connectivity index (χ0) is 9.71. The highest BCUT2D eigenvalue weighted by molar-refractivity contribution is 5.41. The maximum absolute atomic E-state index is 9.61. The largest absolute Gasteiger partial charge is 0.507 e. The summed E-state index contributed by atoms with van der Waals surface area (Å²) in [5.74, 6) is 0.557. The molecule has 3 rings (SSSR count). The van der Waals surface area contributed by atoms with Crippen molar-refractivity contribution in [3.05, 3.63) is 57.3 Å². The van der Waals surface area contributed by atoms with Gasteiger partial charge in [0.1, 0.15) is 11.5 Å². The van der Waals surface area contributed by atoms with Crippen LogP contribution in [-0.2, 0) is 0 Å². The summed E-state index contributed by atoms with van der Waals surface area (Å²) in [5, 5.41) is 22.8. The van der Waals surface area contributed by atoms with E-state index in [9.17, 15) is 10.2 Å². The van der Waals surface area contributed by atoms with Gasteiger partial charge < -0.3 is 10.2 Å². The lowest BCUT2D eigenvalue weighted by molar-refractivity contribution is 0.463. The van der Waals surface area contributed by atoms with Gasteiger partial charge in [-0.15, -0.1) is 0 Å². The second kappa shape index (κ2) is 2.29. The van der Waals surface area contributed by atoms with Crippen LogP contribution in [0.3, 0.4) is 0 Å². The number of benzene rings is 2. The summed E-state index contributed by atoms with van der Waals surface area (Å²) in [6, 6.07) is 10.7. The van der Waals surface area contributed by atoms with E-state index in [4.69, 9.17) is 0 Å². The van der Waals surface area contributed by atoms with Gasteiger partial charge >= 0.3 is 0 Å². The van der Waals surface area contributed by atoms with Gasteiger partial charge in [-0.3, -0.25) is 0 Å². The van der Waals surface area contributed by atoms with Crippen molar-refractivity contribution in [2.45, 2.75) is 0 Å². The Morgan fingerprint density at radius 3 is 1.50 bits per heavy atom. The Hall–Kier alpha value is -1.96. The van der Waals surface area contributed by atoms with Gasteiger partial charge in [-0.25, -0.2) is 0 Å². The van der Waals surface area contributed by atoms with Gasteiger partial charge in [0.05, 0.1) is 0 Å². The van der Waals surface area contributed by atoms with Crippen LogP contribution < -0.4 is 0 Å². The predicted octanol–water partition coefficient (Wildman–Crippen LogP) is 1.99. The normalized spacial score (nSPS) is 11.4. The van der Waals surface area contributed by atoms with Crippen LogP contribution in [0.1, 0.15) is 0 Å². The van der Waals surface area contributed by atoms with E-state index in [0.29, 0.717) is 0 Å². The Morgan fingerprint density at radius 2 is 1.07 bits per heavy atom. The molecule has 68 valence electrons. The van der Waals surface area contributed by atoms with Crippen LogP contribution in [0.15, 0.2) is 36.4 Å². The molecule has 2 aromatic rings. The summed E-state index contributed by atoms with van der Waals surface area (Å²) in [4.78, 5) is 0. The van der Waals surface area contributed by atoms with E-state index in [0.717, 1.165) is 20.9 Å². The summed E-state index contributed by atoms with van der Waals surface area (Å²) < 4.78 is 0. The van der Waals surface area contributed by atoms with Crippen LogP contribution in [0.2, 0.25) is 0 Å². The number of aromatic hydroxyl groups is 2. The average molecular weight is 184 g/mol. The molecule has 2 heteroatoms. The summed E-state index contributed by atoms with van der Waals surface area (Å²) in [6.45, 7) is 0. The van der Waals surface area contributed by atoms with Gasteiger partial charge in [0.2, 0.25) is 0 Å². The van der Waals surface area contributed by atoms with Crippen molar-refractivity contribution in [3.63, 3.8) is 0 Å². The first kappa shape index (κ1) is 7.44. The van der Waals surface area contributed by atoms with E-state index < -0.39 is 0 Å². The topological polar surface area (TPSA) is 40.5 Å². The van der Waals surface area contributed by atoms with Crippen LogP contribution in [0.4, 0.5) is 0 Å². The standard InChI is InChI=1S/C12H8O2/c13-9-5-1-3-7-11(9)8-4-2-6-10(14)12(7)8/h1-6,13-14H. The zero-order valence-corrected chi connectivity index (χ0v) is 7.36. The molecule has 2 N–H and O–H groups in total. The van der Waals surface area contributed by atoms with Crippen molar-refractivity contribution < 1.29 is 10.2 Å². The molecule has 1 aliphatic carbocycles. The van der Waals surface area contributed by atoms with Crippen molar-refractivity contribution in [2.24, 2.45) is 0 Å². The fraction of sp³-hybridized carbons (Fsp3) is 0. The molecule has 0 saturated carbocycles. The quantitative estimate of drug-likeness (QED) is 0.561. The first-order chi connectivity index (χ1) is 6.79. The van der Waals surface area contributed by atoms with Gasteiger partial charge in [-0.1, -0.05) is 24.3 Å². The van der Waals surface area contributed by atoms with Crippen LogP contribution in [-0.4, -0.2) is 10.2 Å². The lowest BCUT2D eigenvalue weighted by Crippen LogP contribution is -1.91. The minimum absolute atomic E-state index is 0.278. The Labute approximate surface area is 79.7 Å². The van der Waals surface area contributed by atoms with Gasteiger partial charge in [0.25, 0.3) is 0 Å². The Balaban J connectivity index is 2.72. The number of phenols is 2. The fourth-order valence-electron chi connectivity index (χ4n) is 2.00. The number of phenolic OH excluding ortho intramolecular Hbond substituents is 2. The molecule has 0 atom stereocenters. The summed E-state index contributed by atoms with van der Waals surface area (Å²) in [7, 11) is 0. The van der Waals surface area contributed by atoms with E-state index in [1.807, 2.05) is 12.1 Å². The highest BCUT2D eigenvalue weighted by Gasteiger charge is 2.08. The summed E-state index contributed by atoms with van der Waals surface area (Å²) in [6.07, 6.45) is 0. The molecule has 0 heterocycles. The molecule has 2 aromatic carbocycles. The summed E-state index contributed by atoms with van der Waals surface area (Å²) in [5.41, 5.74) is 0. The van der Waals surface area contributed by atoms with Gasteiger partial charge in [0.15, 0.2) is 0 Å². The number of hydrogen-bond acceptors (Lipinski definition) is 2. The van der Waals surface area contributed by atoms with E-state index in [1.165, 1.54) is 0 Å². The van der Waals surface area contributed by atoms with E-state index in [1.54, 1.807) is 24.3 Å². The van der Waals surface area contributed by atoms with Gasteiger partial charge in [0, 0.05) is 10.4 Å². The molecular formula is C12H8O2. The smallest absolute Gasteiger partial charge is 0.124 e. The predicted molar refractivity (Wildman–Crippen MR) is 51.6 cm³/mol. The first-order valence-electron chi connectivity index (χ1n) is 4.44. The number of rotatable bonds is 0. The third kappa shape index (κ3) is 0.708. The van der Waals surface area contributed by atoms with Crippen molar-refractivity contribution in [1.29, 1.82) is 0 Å². The molecular weight excluding hydrogens is 176 g/mol. The van der Waals surface area contributed by atoms with Crippen molar-refractivity contribution in [3.8, 4) is 11.5 Å². The van der Waals surface area contributed by atoms with Crippen molar-refractivity contribution in [2.75, 3.05) is 0 Å². The SMILES string of the molecule is Oc1cccc2c1=c1cccc(O)c1=2. The first-order valence-corrected chi connectivity index (χ1v) is 4.44. The number of fused-ring (bicyclic) bond motifs is 2. The second-order valence-electron chi connectivity index (χ2n) is 3.40. The second-order valence-corrected chi connectivity index (χ2v) is 3.40. The van der Waals surface area contributed by atoms with E-state index in [2.05, 4.69) is 0 Å². The van der Waals surface area contributed by atoms with Crippen LogP contribution in [0.25, 0.3) is 0 Å². The van der Waals surface area contributed by atoms with Crippen molar-refractivity contribution in [1.82, 2.24) is 0 Å². The monoisotopic (exact) mass is 184 g/mol. The molecule has 0 aromatic heterocycles. The molecule has 0 unspecified atom stereocenters. The fourth-order valence-corrected chi connectivity index (χ4v) is 2.00. The van der Waals surface area contributed by atoms with Crippen LogP contribution in [0, 0.1) is 20.9 Å². The maximum Gasteiger partial charge on any atom is 0.124 e. The molecule has 0 spiro atoms. The van der Waals surface area contributed by atoms with E-state index in [-0.39, 0.29) is 11.5 Å². The molecule has 0 radical (unpaired) electrons. The third-order valence-electron chi connectivity index (χ3n) is 2.62. The molecule has 1 aliphatic rings. The Morgan fingerprint density at radius 1 is 0.643 bits per heavy atom. The molecule has 0 amide bonds. The minimum atomic E-state index is 0.278. The third-order valence-corrected chi connectivity index (χ3v) is 2.62. The van der Waals surface area contributed by atoms with E-state index >= 15 is 0 Å². The average Bonchev–Trinajstić information content (AvgIpc) is 2.13. The van der Waals surface area contributed by atoms with Gasteiger partial charge in [-0.05, 0) is 22.6 Å². The molecule has 0 saturated heterocycles. The molecule has 0 aliphatic heterocycles. The highest BCUT2D eigenvalue weighted by atomic mass is 16.3. The Kier molecular flexibility index (Phi) is 1.22. The number of hydrogen-bond donors (Lipinski definition) is 2. The molecule has 2 nitrogen and oxygen atoms in total. The lowest BCUT2D eigenvalue weighted by atomic mass is 10.0.